The summed E-state index contributed by atoms with van der Waals surface area (Å²) in [5.74, 6) is -0.851. The molecule has 1 saturated heterocycles. The molecule has 0 saturated carbocycles. The molecule has 0 bridgehead atoms. The van der Waals surface area contributed by atoms with Gasteiger partial charge in [-0.2, -0.15) is 13.2 Å². The average molecular weight is 277 g/mol. The van der Waals surface area contributed by atoms with Crippen LogP contribution in [0.2, 0.25) is 0 Å². The summed E-state index contributed by atoms with van der Waals surface area (Å²) in [6.45, 7) is 2.93. The van der Waals surface area contributed by atoms with Crippen LogP contribution in [0.1, 0.15) is 17.5 Å². The van der Waals surface area contributed by atoms with Gasteiger partial charge in [0.15, 0.2) is 0 Å². The van der Waals surface area contributed by atoms with Gasteiger partial charge in [0.1, 0.15) is 5.82 Å². The molecule has 6 heteroatoms. The summed E-state index contributed by atoms with van der Waals surface area (Å²) in [6, 6.07) is 2.69. The van der Waals surface area contributed by atoms with Gasteiger partial charge in [-0.05, 0) is 30.2 Å². The fourth-order valence-electron chi connectivity index (χ4n) is 2.12. The maximum absolute atomic E-state index is 13.2. The van der Waals surface area contributed by atoms with Crippen LogP contribution in [0.25, 0.3) is 0 Å². The molecule has 0 spiro atoms. The van der Waals surface area contributed by atoms with E-state index in [9.17, 15) is 17.6 Å². The average Bonchev–Trinajstić information content (AvgIpc) is 2.55. The molecule has 2 rings (SSSR count). The fourth-order valence-corrected chi connectivity index (χ4v) is 2.12. The van der Waals surface area contributed by atoms with E-state index in [1.165, 1.54) is 0 Å². The number of alkyl halides is 3. The Balaban J connectivity index is 2.13. The number of halogens is 4. The van der Waals surface area contributed by atoms with Crippen LogP contribution in [0.5, 0.6) is 0 Å². The maximum Gasteiger partial charge on any atom is 0.416 e. The van der Waals surface area contributed by atoms with Crippen molar-refractivity contribution in [3.05, 3.63) is 35.1 Å². The number of hydrogen-bond donors (Lipinski definition) is 0. The van der Waals surface area contributed by atoms with Gasteiger partial charge in [-0.1, -0.05) is 0 Å². The number of ether oxygens (including phenoxy) is 1. The Morgan fingerprint density at radius 3 is 2.63 bits per heavy atom. The highest BCUT2D eigenvalue weighted by Crippen LogP contribution is 2.30. The lowest BCUT2D eigenvalue weighted by molar-refractivity contribution is -0.137. The van der Waals surface area contributed by atoms with Crippen molar-refractivity contribution in [1.82, 2.24) is 4.90 Å². The Labute approximate surface area is 109 Å². The minimum Gasteiger partial charge on any atom is -0.380 e. The lowest BCUT2D eigenvalue weighted by atomic mass is 10.1. The quantitative estimate of drug-likeness (QED) is 0.770. The first-order valence-corrected chi connectivity index (χ1v) is 6.12. The second kappa shape index (κ2) is 5.88. The molecule has 0 amide bonds. The van der Waals surface area contributed by atoms with Crippen LogP contribution in [0.15, 0.2) is 18.2 Å². The molecule has 2 nitrogen and oxygen atoms in total. The van der Waals surface area contributed by atoms with Crippen LogP contribution in [0.4, 0.5) is 17.6 Å². The van der Waals surface area contributed by atoms with Crippen molar-refractivity contribution in [3.8, 4) is 0 Å². The second-order valence-electron chi connectivity index (χ2n) is 4.59. The Morgan fingerprint density at radius 1 is 1.11 bits per heavy atom. The van der Waals surface area contributed by atoms with Crippen molar-refractivity contribution < 1.29 is 22.3 Å². The lowest BCUT2D eigenvalue weighted by Gasteiger charge is -2.19. The van der Waals surface area contributed by atoms with E-state index in [2.05, 4.69) is 0 Å². The van der Waals surface area contributed by atoms with Gasteiger partial charge >= 0.3 is 6.18 Å². The topological polar surface area (TPSA) is 12.5 Å². The third kappa shape index (κ3) is 4.18. The molecule has 106 valence electrons. The molecule has 0 atom stereocenters. The normalized spacial score (nSPS) is 18.3. The highest BCUT2D eigenvalue weighted by Gasteiger charge is 2.31. The lowest BCUT2D eigenvalue weighted by Crippen LogP contribution is -2.26. The summed E-state index contributed by atoms with van der Waals surface area (Å²) >= 11 is 0. The molecule has 1 aliphatic rings. The number of hydrogen-bond acceptors (Lipinski definition) is 2. The van der Waals surface area contributed by atoms with E-state index in [1.807, 2.05) is 4.90 Å². The van der Waals surface area contributed by atoms with E-state index < -0.39 is 17.6 Å². The predicted octanol–water partition coefficient (Wildman–Crippen LogP) is 3.07. The second-order valence-corrected chi connectivity index (χ2v) is 4.59. The third-order valence-electron chi connectivity index (χ3n) is 3.01. The fraction of sp³-hybridized carbons (Fsp3) is 0.538. The minimum atomic E-state index is -4.52. The smallest absolute Gasteiger partial charge is 0.380 e. The molecule has 1 fully saturated rings. The van der Waals surface area contributed by atoms with Crippen molar-refractivity contribution in [1.29, 1.82) is 0 Å². The third-order valence-corrected chi connectivity index (χ3v) is 3.01. The van der Waals surface area contributed by atoms with Crippen molar-refractivity contribution in [3.63, 3.8) is 0 Å². The molecule has 0 N–H and O–H groups in total. The molecule has 1 aromatic carbocycles. The molecule has 19 heavy (non-hydrogen) atoms. The molecule has 1 aliphatic heterocycles. The number of nitrogens with zero attached hydrogens (tertiary/aromatic N) is 1. The highest BCUT2D eigenvalue weighted by atomic mass is 19.4. The van der Waals surface area contributed by atoms with Gasteiger partial charge in [0.25, 0.3) is 0 Å². The Bertz CT molecular complexity index is 425. The summed E-state index contributed by atoms with van der Waals surface area (Å²) in [5, 5.41) is 0. The molecule has 0 aliphatic carbocycles. The molecule has 0 aromatic heterocycles. The van der Waals surface area contributed by atoms with E-state index in [4.69, 9.17) is 4.74 Å². The van der Waals surface area contributed by atoms with E-state index >= 15 is 0 Å². The van der Waals surface area contributed by atoms with E-state index in [0.717, 1.165) is 25.1 Å². The molecular formula is C13H15F4NO. The van der Waals surface area contributed by atoms with Crippen LogP contribution in [0, 0.1) is 5.82 Å². The Morgan fingerprint density at radius 2 is 1.89 bits per heavy atom. The summed E-state index contributed by atoms with van der Waals surface area (Å²) < 4.78 is 56.3. The summed E-state index contributed by atoms with van der Waals surface area (Å²) in [6.07, 6.45) is -3.68. The molecule has 0 radical (unpaired) electrons. The molecule has 1 aromatic rings. The summed E-state index contributed by atoms with van der Waals surface area (Å²) in [7, 11) is 0. The highest BCUT2D eigenvalue weighted by molar-refractivity contribution is 5.26. The monoisotopic (exact) mass is 277 g/mol. The SMILES string of the molecule is Fc1cc(CN2CCCOCC2)cc(C(F)(F)F)c1. The van der Waals surface area contributed by atoms with Gasteiger partial charge in [0, 0.05) is 26.2 Å². The first-order chi connectivity index (χ1) is 8.95. The zero-order valence-electron chi connectivity index (χ0n) is 10.3. The zero-order valence-corrected chi connectivity index (χ0v) is 10.3. The van der Waals surface area contributed by atoms with Gasteiger partial charge in [0.05, 0.1) is 12.2 Å². The van der Waals surface area contributed by atoms with Crippen molar-refractivity contribution in [2.45, 2.75) is 19.1 Å². The summed E-state index contributed by atoms with van der Waals surface area (Å²) in [5.41, 5.74) is -0.595. The summed E-state index contributed by atoms with van der Waals surface area (Å²) in [4.78, 5) is 1.97. The number of rotatable bonds is 2. The molecular weight excluding hydrogens is 262 g/mol. The van der Waals surface area contributed by atoms with Gasteiger partial charge in [0.2, 0.25) is 0 Å². The van der Waals surface area contributed by atoms with E-state index in [0.29, 0.717) is 37.9 Å². The van der Waals surface area contributed by atoms with Gasteiger partial charge in [-0.25, -0.2) is 4.39 Å². The largest absolute Gasteiger partial charge is 0.416 e. The number of benzene rings is 1. The van der Waals surface area contributed by atoms with E-state index in [-0.39, 0.29) is 0 Å². The Hall–Kier alpha value is -1.14. The van der Waals surface area contributed by atoms with Crippen molar-refractivity contribution in [2.24, 2.45) is 0 Å². The van der Waals surface area contributed by atoms with Crippen LogP contribution < -0.4 is 0 Å². The Kier molecular flexibility index (Phi) is 4.42. The first kappa shape index (κ1) is 14.3. The molecule has 0 unspecified atom stereocenters. The van der Waals surface area contributed by atoms with Crippen molar-refractivity contribution >= 4 is 0 Å². The predicted molar refractivity (Wildman–Crippen MR) is 62.1 cm³/mol. The maximum atomic E-state index is 13.2. The minimum absolute atomic E-state index is 0.310. The van der Waals surface area contributed by atoms with Crippen molar-refractivity contribution in [2.75, 3.05) is 26.3 Å². The van der Waals surface area contributed by atoms with Gasteiger partial charge < -0.3 is 4.74 Å². The van der Waals surface area contributed by atoms with Crippen LogP contribution in [-0.4, -0.2) is 31.2 Å². The van der Waals surface area contributed by atoms with Gasteiger partial charge in [-0.3, -0.25) is 4.90 Å². The van der Waals surface area contributed by atoms with Crippen LogP contribution in [0.3, 0.4) is 0 Å². The van der Waals surface area contributed by atoms with Crippen LogP contribution >= 0.6 is 0 Å². The standard InChI is InChI=1S/C13H15F4NO/c14-12-7-10(6-11(8-12)13(15,16)17)9-18-2-1-4-19-5-3-18/h6-8H,1-5,9H2. The molecule has 1 heterocycles. The van der Waals surface area contributed by atoms with Gasteiger partial charge in [-0.15, -0.1) is 0 Å². The van der Waals surface area contributed by atoms with E-state index in [1.54, 1.807) is 0 Å². The zero-order chi connectivity index (χ0) is 13.9. The van der Waals surface area contributed by atoms with Crippen LogP contribution in [-0.2, 0) is 17.5 Å². The first-order valence-electron chi connectivity index (χ1n) is 6.12.